The molecule has 0 atom stereocenters. The number of terminal acetylenes is 1. The highest BCUT2D eigenvalue weighted by molar-refractivity contribution is 7.89. The fourth-order valence-corrected chi connectivity index (χ4v) is 4.37. The first kappa shape index (κ1) is 14.8. The van der Waals surface area contributed by atoms with Crippen molar-refractivity contribution in [1.29, 1.82) is 0 Å². The highest BCUT2D eigenvalue weighted by atomic mass is 35.5. The average Bonchev–Trinajstić information content (AvgIpc) is 2.58. The van der Waals surface area contributed by atoms with Gasteiger partial charge in [-0.2, -0.15) is 0 Å². The molecule has 1 N–H and O–H groups in total. The third-order valence-electron chi connectivity index (χ3n) is 1.95. The summed E-state index contributed by atoms with van der Waals surface area (Å²) in [5.74, 6) is 2.50. The second kappa shape index (κ2) is 6.62. The van der Waals surface area contributed by atoms with Gasteiger partial charge in [0.05, 0.1) is 4.34 Å². The molecule has 17 heavy (non-hydrogen) atoms. The Labute approximate surface area is 115 Å². The zero-order valence-corrected chi connectivity index (χ0v) is 12.0. The summed E-state index contributed by atoms with van der Waals surface area (Å²) in [5.41, 5.74) is 0. The Morgan fingerprint density at radius 1 is 1.41 bits per heavy atom. The fourth-order valence-electron chi connectivity index (χ4n) is 1.14. The van der Waals surface area contributed by atoms with Crippen molar-refractivity contribution in [2.24, 2.45) is 0 Å². The van der Waals surface area contributed by atoms with Gasteiger partial charge < -0.3 is 0 Å². The van der Waals surface area contributed by atoms with Gasteiger partial charge in [-0.15, -0.1) is 23.7 Å². The largest absolute Gasteiger partial charge is 0.242 e. The van der Waals surface area contributed by atoms with Gasteiger partial charge in [-0.1, -0.05) is 23.2 Å². The van der Waals surface area contributed by atoms with E-state index in [1.807, 2.05) is 0 Å². The summed E-state index contributed by atoms with van der Waals surface area (Å²) in [4.78, 5) is 0.0334. The predicted molar refractivity (Wildman–Crippen MR) is 72.2 cm³/mol. The van der Waals surface area contributed by atoms with Crippen LogP contribution in [0.2, 0.25) is 8.67 Å². The summed E-state index contributed by atoms with van der Waals surface area (Å²) in [7, 11) is -3.56. The van der Waals surface area contributed by atoms with Gasteiger partial charge >= 0.3 is 0 Å². The van der Waals surface area contributed by atoms with Crippen molar-refractivity contribution in [3.05, 3.63) is 14.7 Å². The van der Waals surface area contributed by atoms with Crippen molar-refractivity contribution in [3.63, 3.8) is 0 Å². The monoisotopic (exact) mass is 311 g/mol. The second-order valence-corrected chi connectivity index (χ2v) is 7.27. The molecule has 0 bridgehead atoms. The Bertz CT molecular complexity index is 517. The van der Waals surface area contributed by atoms with Crippen molar-refractivity contribution in [2.75, 3.05) is 6.54 Å². The summed E-state index contributed by atoms with van der Waals surface area (Å²) in [6.07, 6.45) is 7.22. The van der Waals surface area contributed by atoms with Gasteiger partial charge in [0, 0.05) is 13.0 Å². The molecule has 0 spiro atoms. The van der Waals surface area contributed by atoms with E-state index in [1.165, 1.54) is 6.07 Å². The number of sulfonamides is 1. The normalized spacial score (nSPS) is 11.4. The van der Waals surface area contributed by atoms with Gasteiger partial charge in [-0.3, -0.25) is 0 Å². The molecular formula is C10H11Cl2NO2S2. The van der Waals surface area contributed by atoms with E-state index in [1.54, 1.807) is 0 Å². The molecule has 0 saturated carbocycles. The number of hydrogen-bond acceptors (Lipinski definition) is 3. The number of unbranched alkanes of at least 4 members (excludes halogenated alkanes) is 2. The minimum absolute atomic E-state index is 0.0334. The molecule has 1 rings (SSSR count). The van der Waals surface area contributed by atoms with Crippen LogP contribution < -0.4 is 4.72 Å². The van der Waals surface area contributed by atoms with E-state index in [0.29, 0.717) is 23.7 Å². The molecule has 0 saturated heterocycles. The van der Waals surface area contributed by atoms with E-state index in [2.05, 4.69) is 10.6 Å². The molecule has 1 heterocycles. The molecule has 1 aromatic heterocycles. The van der Waals surface area contributed by atoms with Crippen LogP contribution in [0, 0.1) is 12.3 Å². The topological polar surface area (TPSA) is 46.2 Å². The van der Waals surface area contributed by atoms with Crippen LogP contribution in [0.5, 0.6) is 0 Å². The SMILES string of the molecule is C#CCCCCNS(=O)(=O)c1cc(Cl)sc1Cl. The van der Waals surface area contributed by atoms with Gasteiger partial charge in [0.15, 0.2) is 0 Å². The first-order valence-electron chi connectivity index (χ1n) is 4.85. The number of halogens is 2. The van der Waals surface area contributed by atoms with Crippen LogP contribution in [0.15, 0.2) is 11.0 Å². The van der Waals surface area contributed by atoms with E-state index in [0.717, 1.165) is 17.8 Å². The predicted octanol–water partition coefficient (Wildman–Crippen LogP) is 3.14. The van der Waals surface area contributed by atoms with Gasteiger partial charge in [-0.05, 0) is 18.9 Å². The Morgan fingerprint density at radius 3 is 2.65 bits per heavy atom. The Hall–Kier alpha value is -0.250. The summed E-state index contributed by atoms with van der Waals surface area (Å²) in [6.45, 7) is 0.341. The van der Waals surface area contributed by atoms with Gasteiger partial charge in [0.25, 0.3) is 0 Å². The summed E-state index contributed by atoms with van der Waals surface area (Å²) >= 11 is 12.5. The van der Waals surface area contributed by atoms with Gasteiger partial charge in [0.1, 0.15) is 9.23 Å². The first-order chi connectivity index (χ1) is 7.97. The standard InChI is InChI=1S/C10H11Cl2NO2S2/c1-2-3-4-5-6-13-17(14,15)8-7-9(11)16-10(8)12/h1,7,13H,3-6H2. The molecule has 3 nitrogen and oxygen atoms in total. The van der Waals surface area contributed by atoms with Crippen LogP contribution in [0.3, 0.4) is 0 Å². The number of nitrogens with one attached hydrogen (secondary N) is 1. The number of rotatable bonds is 6. The van der Waals surface area contributed by atoms with E-state index in [-0.39, 0.29) is 9.23 Å². The first-order valence-corrected chi connectivity index (χ1v) is 7.91. The molecule has 0 aromatic carbocycles. The maximum atomic E-state index is 11.8. The molecule has 0 aliphatic carbocycles. The summed E-state index contributed by atoms with van der Waals surface area (Å²) < 4.78 is 26.6. The molecule has 0 amide bonds. The van der Waals surface area contributed by atoms with Gasteiger partial charge in [0.2, 0.25) is 10.0 Å². The Kier molecular flexibility index (Phi) is 5.77. The Balaban J connectivity index is 2.58. The molecule has 0 aliphatic heterocycles. The van der Waals surface area contributed by atoms with Crippen LogP contribution in [-0.4, -0.2) is 15.0 Å². The smallest absolute Gasteiger partial charge is 0.211 e. The molecule has 94 valence electrons. The molecule has 0 unspecified atom stereocenters. The maximum Gasteiger partial charge on any atom is 0.242 e. The molecule has 0 aliphatic rings. The zero-order valence-electron chi connectivity index (χ0n) is 8.87. The van der Waals surface area contributed by atoms with E-state index in [9.17, 15) is 8.42 Å². The number of hydrogen-bond donors (Lipinski definition) is 1. The lowest BCUT2D eigenvalue weighted by molar-refractivity contribution is 0.578. The van der Waals surface area contributed by atoms with Crippen molar-refractivity contribution < 1.29 is 8.42 Å². The van der Waals surface area contributed by atoms with Crippen LogP contribution in [0.1, 0.15) is 19.3 Å². The molecule has 1 aromatic rings. The lowest BCUT2D eigenvalue weighted by atomic mass is 10.2. The number of thiophene rings is 1. The highest BCUT2D eigenvalue weighted by Gasteiger charge is 2.20. The van der Waals surface area contributed by atoms with E-state index < -0.39 is 10.0 Å². The van der Waals surface area contributed by atoms with E-state index >= 15 is 0 Å². The van der Waals surface area contributed by atoms with Gasteiger partial charge in [-0.25, -0.2) is 13.1 Å². The Morgan fingerprint density at radius 2 is 2.12 bits per heavy atom. The maximum absolute atomic E-state index is 11.8. The quantitative estimate of drug-likeness (QED) is 0.648. The van der Waals surface area contributed by atoms with Crippen LogP contribution in [-0.2, 0) is 10.0 Å². The lowest BCUT2D eigenvalue weighted by Gasteiger charge is -2.04. The summed E-state index contributed by atoms with van der Waals surface area (Å²) in [6, 6.07) is 1.35. The van der Waals surface area contributed by atoms with Crippen molar-refractivity contribution >= 4 is 44.6 Å². The molecule has 7 heteroatoms. The fraction of sp³-hybridized carbons (Fsp3) is 0.400. The summed E-state index contributed by atoms with van der Waals surface area (Å²) in [5, 5.41) is 0. The van der Waals surface area contributed by atoms with Crippen molar-refractivity contribution in [1.82, 2.24) is 4.72 Å². The van der Waals surface area contributed by atoms with Crippen molar-refractivity contribution in [2.45, 2.75) is 24.2 Å². The second-order valence-electron chi connectivity index (χ2n) is 3.25. The third kappa shape index (κ3) is 4.49. The van der Waals surface area contributed by atoms with E-state index in [4.69, 9.17) is 29.6 Å². The lowest BCUT2D eigenvalue weighted by Crippen LogP contribution is -2.24. The van der Waals surface area contributed by atoms with Crippen LogP contribution in [0.4, 0.5) is 0 Å². The zero-order chi connectivity index (χ0) is 12.9. The van der Waals surface area contributed by atoms with Crippen LogP contribution >= 0.6 is 34.5 Å². The van der Waals surface area contributed by atoms with Crippen LogP contribution in [0.25, 0.3) is 0 Å². The minimum atomic E-state index is -3.56. The average molecular weight is 312 g/mol. The molecular weight excluding hydrogens is 301 g/mol. The van der Waals surface area contributed by atoms with Crippen molar-refractivity contribution in [3.8, 4) is 12.3 Å². The minimum Gasteiger partial charge on any atom is -0.211 e. The third-order valence-corrected chi connectivity index (χ3v) is 5.17. The molecule has 0 radical (unpaired) electrons. The highest BCUT2D eigenvalue weighted by Crippen LogP contribution is 2.33. The molecule has 0 fully saturated rings.